The first-order valence-electron chi connectivity index (χ1n) is 9.18. The molecule has 28 heavy (non-hydrogen) atoms. The summed E-state index contributed by atoms with van der Waals surface area (Å²) in [6, 6.07) is 8.20. The largest absolute Gasteiger partial charge is 0.457 e. The van der Waals surface area contributed by atoms with Gasteiger partial charge >= 0.3 is 0 Å². The van der Waals surface area contributed by atoms with E-state index in [4.69, 9.17) is 16.3 Å². The average Bonchev–Trinajstić information content (AvgIpc) is 2.61. The van der Waals surface area contributed by atoms with Crippen molar-refractivity contribution in [3.8, 4) is 11.5 Å². The van der Waals surface area contributed by atoms with E-state index in [-0.39, 0.29) is 16.7 Å². The molecule has 0 N–H and O–H groups in total. The summed E-state index contributed by atoms with van der Waals surface area (Å²) in [5.41, 5.74) is 1.76. The van der Waals surface area contributed by atoms with Gasteiger partial charge in [0.2, 0.25) is 0 Å². The summed E-state index contributed by atoms with van der Waals surface area (Å²) in [5, 5.41) is 0.620. The first-order chi connectivity index (χ1) is 13.0. The van der Waals surface area contributed by atoms with Crippen LogP contribution in [-0.2, 0) is 5.41 Å². The first-order valence-corrected chi connectivity index (χ1v) is 9.55. The molecule has 0 unspecified atom stereocenters. The maximum Gasteiger partial charge on any atom is 0.267 e. The van der Waals surface area contributed by atoms with Crippen LogP contribution in [0, 0.1) is 6.92 Å². The molecule has 6 heteroatoms. The Morgan fingerprint density at radius 3 is 2.46 bits per heavy atom. The molecule has 0 radical (unpaired) electrons. The number of benzene rings is 2. The van der Waals surface area contributed by atoms with E-state index in [1.165, 1.54) is 6.07 Å². The maximum atomic E-state index is 13.7. The van der Waals surface area contributed by atoms with Crippen LogP contribution in [0.3, 0.4) is 0 Å². The van der Waals surface area contributed by atoms with E-state index < -0.39 is 6.43 Å². The van der Waals surface area contributed by atoms with Crippen molar-refractivity contribution in [2.45, 2.75) is 46.5 Å². The molecule has 3 nitrogen and oxygen atoms in total. The summed E-state index contributed by atoms with van der Waals surface area (Å²) >= 11 is 6.29. The number of rotatable bonds is 6. The molecule has 0 heterocycles. The predicted molar refractivity (Wildman–Crippen MR) is 113 cm³/mol. The van der Waals surface area contributed by atoms with Gasteiger partial charge in [-0.05, 0) is 60.7 Å². The molecule has 0 aliphatic rings. The van der Waals surface area contributed by atoms with Crippen molar-refractivity contribution in [3.63, 3.8) is 0 Å². The molecule has 0 bridgehead atoms. The number of alkyl halides is 2. The second-order valence-electron chi connectivity index (χ2n) is 7.79. The van der Waals surface area contributed by atoms with E-state index in [1.54, 1.807) is 30.6 Å². The van der Waals surface area contributed by atoms with Crippen molar-refractivity contribution in [1.29, 1.82) is 0 Å². The molecule has 0 fully saturated rings. The van der Waals surface area contributed by atoms with E-state index >= 15 is 0 Å². The SMILES string of the molecule is CCN(C)/C=N/c1cc(C(F)F)c(Oc2ccc(Cl)c(C(C)(C)C)c2)cc1C. The van der Waals surface area contributed by atoms with Crippen molar-refractivity contribution in [2.24, 2.45) is 4.99 Å². The third kappa shape index (κ3) is 5.44. The molecule has 0 aromatic heterocycles. The maximum absolute atomic E-state index is 13.7. The summed E-state index contributed by atoms with van der Waals surface area (Å²) in [5.74, 6) is 0.593. The second kappa shape index (κ2) is 8.91. The van der Waals surface area contributed by atoms with Crippen molar-refractivity contribution in [3.05, 3.63) is 52.0 Å². The Morgan fingerprint density at radius 2 is 1.89 bits per heavy atom. The zero-order valence-corrected chi connectivity index (χ0v) is 17.9. The lowest BCUT2D eigenvalue weighted by Gasteiger charge is -2.22. The van der Waals surface area contributed by atoms with E-state index in [2.05, 4.69) is 4.99 Å². The van der Waals surface area contributed by atoms with Crippen molar-refractivity contribution in [1.82, 2.24) is 4.90 Å². The van der Waals surface area contributed by atoms with Gasteiger partial charge < -0.3 is 9.64 Å². The number of hydrogen-bond acceptors (Lipinski definition) is 2. The number of nitrogens with zero attached hydrogens (tertiary/aromatic N) is 2. The standard InChI is InChI=1S/C22H27ClF2N2O/c1-7-27(6)13-26-19-12-16(21(24)25)20(10-14(19)2)28-15-8-9-18(23)17(11-15)22(3,4)5/h8-13,21H,7H2,1-6H3/b26-13+. The fourth-order valence-corrected chi connectivity index (χ4v) is 3.00. The Bertz CT molecular complexity index is 860. The number of halogens is 3. The molecule has 2 aromatic carbocycles. The highest BCUT2D eigenvalue weighted by Gasteiger charge is 2.20. The Kier molecular flexibility index (Phi) is 7.05. The van der Waals surface area contributed by atoms with Crippen LogP contribution in [0.2, 0.25) is 5.02 Å². The van der Waals surface area contributed by atoms with Crippen molar-refractivity contribution in [2.75, 3.05) is 13.6 Å². The zero-order valence-electron chi connectivity index (χ0n) is 17.2. The number of aryl methyl sites for hydroxylation is 1. The Hall–Kier alpha value is -2.14. The Labute approximate surface area is 171 Å². The van der Waals surface area contributed by atoms with Gasteiger partial charge in [0, 0.05) is 18.6 Å². The lowest BCUT2D eigenvalue weighted by molar-refractivity contribution is 0.148. The monoisotopic (exact) mass is 408 g/mol. The first kappa shape index (κ1) is 22.2. The quantitative estimate of drug-likeness (QED) is 0.370. The topological polar surface area (TPSA) is 24.8 Å². The van der Waals surface area contributed by atoms with Crippen LogP contribution in [0.15, 0.2) is 35.3 Å². The highest BCUT2D eigenvalue weighted by Crippen LogP contribution is 2.39. The molecule has 152 valence electrons. The Balaban J connectivity index is 2.43. The molecule has 0 spiro atoms. The van der Waals surface area contributed by atoms with Crippen LogP contribution >= 0.6 is 11.6 Å². The van der Waals surface area contributed by atoms with Gasteiger partial charge in [0.15, 0.2) is 0 Å². The summed E-state index contributed by atoms with van der Waals surface area (Å²) < 4.78 is 33.2. The smallest absolute Gasteiger partial charge is 0.267 e. The molecular weight excluding hydrogens is 382 g/mol. The molecule has 2 aromatic rings. The molecular formula is C22H27ClF2N2O. The molecule has 0 amide bonds. The van der Waals surface area contributed by atoms with E-state index in [0.717, 1.165) is 17.7 Å². The minimum Gasteiger partial charge on any atom is -0.457 e. The lowest BCUT2D eigenvalue weighted by Crippen LogP contribution is -2.14. The minimum atomic E-state index is -2.68. The molecule has 0 saturated heterocycles. The fourth-order valence-electron chi connectivity index (χ4n) is 2.60. The minimum absolute atomic E-state index is 0.123. The van der Waals surface area contributed by atoms with Crippen molar-refractivity contribution < 1.29 is 13.5 Å². The van der Waals surface area contributed by atoms with Gasteiger partial charge in [0.05, 0.1) is 17.6 Å². The molecule has 2 rings (SSSR count). The van der Waals surface area contributed by atoms with Gasteiger partial charge in [0.25, 0.3) is 6.43 Å². The normalized spacial score (nSPS) is 12.1. The highest BCUT2D eigenvalue weighted by molar-refractivity contribution is 6.31. The van der Waals surface area contributed by atoms with Crippen LogP contribution in [0.1, 0.15) is 50.8 Å². The summed E-state index contributed by atoms with van der Waals surface area (Å²) in [6.45, 7) is 10.7. The van der Waals surface area contributed by atoms with E-state index in [0.29, 0.717) is 16.5 Å². The van der Waals surface area contributed by atoms with Gasteiger partial charge in [-0.3, -0.25) is 0 Å². The van der Waals surface area contributed by atoms with Crippen LogP contribution in [0.5, 0.6) is 11.5 Å². The molecule has 0 aliphatic carbocycles. The average molecular weight is 409 g/mol. The molecule has 0 aliphatic heterocycles. The van der Waals surface area contributed by atoms with Crippen molar-refractivity contribution >= 4 is 23.6 Å². The predicted octanol–water partition coefficient (Wildman–Crippen LogP) is 7.29. The summed E-state index contributed by atoms with van der Waals surface area (Å²) in [7, 11) is 1.87. The lowest BCUT2D eigenvalue weighted by atomic mass is 9.87. The second-order valence-corrected chi connectivity index (χ2v) is 8.20. The van der Waals surface area contributed by atoms with Crippen LogP contribution in [0.4, 0.5) is 14.5 Å². The van der Waals surface area contributed by atoms with Crippen LogP contribution in [-0.4, -0.2) is 24.8 Å². The highest BCUT2D eigenvalue weighted by atomic mass is 35.5. The van der Waals surface area contributed by atoms with Gasteiger partial charge in [-0.2, -0.15) is 0 Å². The number of ether oxygens (including phenoxy) is 1. The fraction of sp³-hybridized carbons (Fsp3) is 0.409. The number of hydrogen-bond donors (Lipinski definition) is 0. The Morgan fingerprint density at radius 1 is 1.21 bits per heavy atom. The van der Waals surface area contributed by atoms with Gasteiger partial charge in [-0.1, -0.05) is 32.4 Å². The summed E-state index contributed by atoms with van der Waals surface area (Å²) in [4.78, 5) is 6.19. The van der Waals surface area contributed by atoms with Gasteiger partial charge in [-0.15, -0.1) is 0 Å². The summed E-state index contributed by atoms with van der Waals surface area (Å²) in [6.07, 6.45) is -1.05. The third-order valence-corrected chi connectivity index (χ3v) is 4.76. The van der Waals surface area contributed by atoms with Crippen LogP contribution < -0.4 is 4.74 Å². The van der Waals surface area contributed by atoms with E-state index in [9.17, 15) is 8.78 Å². The molecule has 0 saturated carbocycles. The van der Waals surface area contributed by atoms with Crippen LogP contribution in [0.25, 0.3) is 0 Å². The number of aliphatic imine (C=N–C) groups is 1. The van der Waals surface area contributed by atoms with E-state index in [1.807, 2.05) is 46.6 Å². The third-order valence-electron chi connectivity index (χ3n) is 4.43. The molecule has 0 atom stereocenters. The van der Waals surface area contributed by atoms with Gasteiger partial charge in [0.1, 0.15) is 11.5 Å². The zero-order chi connectivity index (χ0) is 21.1. The van der Waals surface area contributed by atoms with Gasteiger partial charge in [-0.25, -0.2) is 13.8 Å².